The topological polar surface area (TPSA) is 26.3 Å². The second-order valence-corrected chi connectivity index (χ2v) is 3.79. The summed E-state index contributed by atoms with van der Waals surface area (Å²) >= 11 is 5.60. The van der Waals surface area contributed by atoms with Crippen LogP contribution < -0.4 is 0 Å². The van der Waals surface area contributed by atoms with Crippen LogP contribution in [0.4, 0.5) is 0 Å². The van der Waals surface area contributed by atoms with Crippen molar-refractivity contribution < 1.29 is 14.0 Å². The Hall–Kier alpha value is -0.280. The van der Waals surface area contributed by atoms with Crippen molar-refractivity contribution in [3.8, 4) is 0 Å². The minimum atomic E-state index is -0.221. The number of hydrogen-bond acceptors (Lipinski definition) is 2. The summed E-state index contributed by atoms with van der Waals surface area (Å²) in [6.07, 6.45) is 0. The first kappa shape index (κ1) is 11.7. The van der Waals surface area contributed by atoms with Crippen LogP contribution in [0.5, 0.6) is 0 Å². The molecule has 0 saturated carbocycles. The van der Waals surface area contributed by atoms with E-state index in [0.29, 0.717) is 12.5 Å². The molecule has 0 aliphatic carbocycles. The van der Waals surface area contributed by atoms with Crippen LogP contribution in [-0.2, 0) is 9.53 Å². The smallest absolute Gasteiger partial charge is 0.302 e. The molecule has 0 saturated heterocycles. The summed E-state index contributed by atoms with van der Waals surface area (Å²) in [5.41, 5.74) is 0. The van der Waals surface area contributed by atoms with Crippen LogP contribution in [0.1, 0.15) is 6.92 Å². The van der Waals surface area contributed by atoms with Crippen molar-refractivity contribution in [3.05, 3.63) is 0 Å². The minimum Gasteiger partial charge on any atom is -0.460 e. The van der Waals surface area contributed by atoms with Gasteiger partial charge < -0.3 is 9.22 Å². The quantitative estimate of drug-likeness (QED) is 0.369. The summed E-state index contributed by atoms with van der Waals surface area (Å²) in [4.78, 5) is 10.4. The highest BCUT2D eigenvalue weighted by atomic mass is 35.5. The molecule has 0 amide bonds. The van der Waals surface area contributed by atoms with Crippen molar-refractivity contribution in [1.29, 1.82) is 0 Å². The number of halogens is 1. The van der Waals surface area contributed by atoms with Gasteiger partial charge in [0.25, 0.3) is 0 Å². The Morgan fingerprint density at radius 2 is 2.00 bits per heavy atom. The highest BCUT2D eigenvalue weighted by Crippen LogP contribution is 1.97. The third kappa shape index (κ3) is 6.43. The van der Waals surface area contributed by atoms with Gasteiger partial charge in [-0.1, -0.05) is 0 Å². The van der Waals surface area contributed by atoms with Crippen LogP contribution in [0.3, 0.4) is 0 Å². The fourth-order valence-corrected chi connectivity index (χ4v) is 1.23. The Bertz CT molecular complexity index is 148. The number of esters is 1. The van der Waals surface area contributed by atoms with E-state index in [1.165, 1.54) is 6.92 Å². The zero-order valence-electron chi connectivity index (χ0n) is 7.97. The average Bonchev–Trinajstić information content (AvgIpc) is 1.85. The normalized spacial score (nSPS) is 11.3. The molecule has 4 heteroatoms. The molecule has 12 heavy (non-hydrogen) atoms. The molecule has 0 aromatic rings. The first-order valence-corrected chi connectivity index (χ1v) is 4.53. The highest BCUT2D eigenvalue weighted by Gasteiger charge is 2.13. The van der Waals surface area contributed by atoms with Crippen LogP contribution >= 0.6 is 11.6 Å². The van der Waals surface area contributed by atoms with Crippen molar-refractivity contribution in [1.82, 2.24) is 0 Å². The molecule has 0 aromatic carbocycles. The molecular weight excluding hydrogens is 178 g/mol. The number of quaternary nitrogens is 1. The summed E-state index contributed by atoms with van der Waals surface area (Å²) in [5, 5.41) is 0. The van der Waals surface area contributed by atoms with Crippen molar-refractivity contribution in [2.75, 3.05) is 39.7 Å². The molecule has 0 radical (unpaired) electrons. The molecule has 0 aliphatic heterocycles. The van der Waals surface area contributed by atoms with Gasteiger partial charge in [-0.05, 0) is 0 Å². The van der Waals surface area contributed by atoms with Crippen LogP contribution in [0.2, 0.25) is 0 Å². The number of hydrogen-bond donors (Lipinski definition) is 0. The average molecular weight is 195 g/mol. The molecule has 0 atom stereocenters. The summed E-state index contributed by atoms with van der Waals surface area (Å²) < 4.78 is 5.61. The second-order valence-electron chi connectivity index (χ2n) is 3.41. The molecule has 0 unspecified atom stereocenters. The van der Waals surface area contributed by atoms with E-state index in [4.69, 9.17) is 16.3 Å². The number of nitrogens with zero attached hydrogens (tertiary/aromatic N) is 1. The summed E-state index contributed by atoms with van der Waals surface area (Å²) in [5.74, 6) is 0.411. The summed E-state index contributed by atoms with van der Waals surface area (Å²) in [6, 6.07) is 0. The lowest BCUT2D eigenvalue weighted by Gasteiger charge is -2.28. The lowest BCUT2D eigenvalue weighted by molar-refractivity contribution is -0.888. The Kier molecular flexibility index (Phi) is 5.25. The van der Waals surface area contributed by atoms with Gasteiger partial charge in [-0.15, -0.1) is 11.6 Å². The van der Waals surface area contributed by atoms with E-state index in [1.807, 2.05) is 0 Å². The molecule has 0 spiro atoms. The van der Waals surface area contributed by atoms with E-state index >= 15 is 0 Å². The van der Waals surface area contributed by atoms with Gasteiger partial charge >= 0.3 is 5.97 Å². The predicted molar refractivity (Wildman–Crippen MR) is 49.2 cm³/mol. The molecule has 0 aliphatic rings. The first-order valence-electron chi connectivity index (χ1n) is 3.99. The Labute approximate surface area is 78.8 Å². The molecule has 0 N–H and O–H groups in total. The number of carbonyl (C=O) groups is 1. The van der Waals surface area contributed by atoms with E-state index in [0.717, 1.165) is 17.6 Å². The summed E-state index contributed by atoms with van der Waals surface area (Å²) in [7, 11) is 4.12. The number of alkyl halides is 1. The SMILES string of the molecule is CC(=O)OCC[N+](C)(C)CCCl. The Morgan fingerprint density at radius 3 is 2.42 bits per heavy atom. The molecule has 3 nitrogen and oxygen atoms in total. The number of ether oxygens (including phenoxy) is 1. The van der Waals surface area contributed by atoms with E-state index in [2.05, 4.69) is 14.1 Å². The van der Waals surface area contributed by atoms with Gasteiger partial charge in [-0.2, -0.15) is 0 Å². The molecule has 0 heterocycles. The monoisotopic (exact) mass is 194 g/mol. The molecule has 0 bridgehead atoms. The van der Waals surface area contributed by atoms with Crippen LogP contribution in [0.15, 0.2) is 0 Å². The van der Waals surface area contributed by atoms with E-state index in [9.17, 15) is 4.79 Å². The predicted octanol–water partition coefficient (Wildman–Crippen LogP) is 0.865. The number of likely N-dealkylation sites (N-methyl/N-ethyl adjacent to an activating group) is 1. The zero-order chi connectivity index (χ0) is 9.61. The zero-order valence-corrected chi connectivity index (χ0v) is 8.73. The van der Waals surface area contributed by atoms with E-state index in [-0.39, 0.29) is 5.97 Å². The molecule has 0 rings (SSSR count). The van der Waals surface area contributed by atoms with Crippen molar-refractivity contribution >= 4 is 17.6 Å². The molecule has 0 aromatic heterocycles. The first-order chi connectivity index (χ1) is 5.48. The highest BCUT2D eigenvalue weighted by molar-refractivity contribution is 6.17. The maximum atomic E-state index is 10.4. The molecule has 0 fully saturated rings. The maximum Gasteiger partial charge on any atom is 0.302 e. The third-order valence-electron chi connectivity index (χ3n) is 1.69. The Morgan fingerprint density at radius 1 is 1.42 bits per heavy atom. The maximum absolute atomic E-state index is 10.4. The largest absolute Gasteiger partial charge is 0.460 e. The third-order valence-corrected chi connectivity index (χ3v) is 1.86. The Balaban J connectivity index is 3.53. The standard InChI is InChI=1S/C8H17ClNO2/c1-8(11)12-7-6-10(2,3)5-4-9/h4-7H2,1-3H3/q+1. The van der Waals surface area contributed by atoms with Crippen molar-refractivity contribution in [2.24, 2.45) is 0 Å². The van der Waals surface area contributed by atoms with Gasteiger partial charge in [-0.3, -0.25) is 4.79 Å². The summed E-state index contributed by atoms with van der Waals surface area (Å²) in [6.45, 7) is 3.59. The lowest BCUT2D eigenvalue weighted by atomic mass is 10.4. The van der Waals surface area contributed by atoms with E-state index in [1.54, 1.807) is 0 Å². The minimum absolute atomic E-state index is 0.221. The van der Waals surface area contributed by atoms with E-state index < -0.39 is 0 Å². The van der Waals surface area contributed by atoms with Crippen molar-refractivity contribution in [2.45, 2.75) is 6.92 Å². The second kappa shape index (κ2) is 5.38. The van der Waals surface area contributed by atoms with Gasteiger partial charge in [0.05, 0.1) is 26.5 Å². The molecular formula is C8H17ClNO2+. The van der Waals surface area contributed by atoms with Crippen molar-refractivity contribution in [3.63, 3.8) is 0 Å². The lowest BCUT2D eigenvalue weighted by Crippen LogP contribution is -2.43. The van der Waals surface area contributed by atoms with Gasteiger partial charge in [-0.25, -0.2) is 0 Å². The van der Waals surface area contributed by atoms with Gasteiger partial charge in [0.2, 0.25) is 0 Å². The fourth-order valence-electron chi connectivity index (χ4n) is 0.777. The van der Waals surface area contributed by atoms with Gasteiger partial charge in [0.15, 0.2) is 0 Å². The van der Waals surface area contributed by atoms with Crippen LogP contribution in [0, 0.1) is 0 Å². The van der Waals surface area contributed by atoms with Gasteiger partial charge in [0, 0.05) is 6.92 Å². The fraction of sp³-hybridized carbons (Fsp3) is 0.875. The van der Waals surface area contributed by atoms with Crippen LogP contribution in [-0.4, -0.2) is 50.1 Å². The number of carbonyl (C=O) groups excluding carboxylic acids is 1. The molecule has 72 valence electrons. The van der Waals surface area contributed by atoms with Crippen LogP contribution in [0.25, 0.3) is 0 Å². The number of rotatable bonds is 5. The van der Waals surface area contributed by atoms with Gasteiger partial charge in [0.1, 0.15) is 13.2 Å².